The number of ether oxygens (including phenoxy) is 1. The average Bonchev–Trinajstić information content (AvgIpc) is 2.20. The maximum absolute atomic E-state index is 11.1. The van der Waals surface area contributed by atoms with Gasteiger partial charge in [-0.2, -0.15) is 0 Å². The average molecular weight is 226 g/mol. The maximum atomic E-state index is 11.1. The van der Waals surface area contributed by atoms with Crippen LogP contribution in [0.3, 0.4) is 0 Å². The number of amides is 1. The van der Waals surface area contributed by atoms with E-state index in [9.17, 15) is 14.9 Å². The summed E-state index contributed by atoms with van der Waals surface area (Å²) >= 11 is 0. The zero-order valence-electron chi connectivity index (χ0n) is 8.47. The molecule has 0 bridgehead atoms. The molecule has 0 fully saturated rings. The number of hydrogen-bond donors (Lipinski definition) is 2. The molecule has 16 heavy (non-hydrogen) atoms. The number of nitrogens with one attached hydrogen (secondary N) is 1. The molecule has 1 aromatic rings. The Bertz CT molecular complexity index is 418. The number of nitrogens with zero attached hydrogens (tertiary/aromatic N) is 1. The van der Waals surface area contributed by atoms with Crippen LogP contribution < -0.4 is 5.32 Å². The fourth-order valence-corrected chi connectivity index (χ4v) is 1.05. The predicted molar refractivity (Wildman–Crippen MR) is 55.4 cm³/mol. The Morgan fingerprint density at radius 2 is 2.31 bits per heavy atom. The lowest BCUT2D eigenvalue weighted by Gasteiger charge is -2.05. The van der Waals surface area contributed by atoms with Crippen molar-refractivity contribution < 1.29 is 19.6 Å². The van der Waals surface area contributed by atoms with Crippen molar-refractivity contribution >= 4 is 17.5 Å². The lowest BCUT2D eigenvalue weighted by atomic mass is 10.2. The lowest BCUT2D eigenvalue weighted by Crippen LogP contribution is -2.14. The highest BCUT2D eigenvalue weighted by Gasteiger charge is 2.16. The summed E-state index contributed by atoms with van der Waals surface area (Å²) in [4.78, 5) is 21.0. The van der Waals surface area contributed by atoms with Crippen molar-refractivity contribution in [1.82, 2.24) is 0 Å². The molecule has 2 N–H and O–H groups in total. The van der Waals surface area contributed by atoms with Crippen molar-refractivity contribution in [2.24, 2.45) is 0 Å². The van der Waals surface area contributed by atoms with Crippen LogP contribution in [0.5, 0.6) is 5.75 Å². The van der Waals surface area contributed by atoms with Gasteiger partial charge < -0.3 is 9.84 Å². The summed E-state index contributed by atoms with van der Waals surface area (Å²) in [5, 5.41) is 21.9. The Labute approximate surface area is 90.8 Å². The van der Waals surface area contributed by atoms with Crippen LogP contribution in [0.4, 0.5) is 16.2 Å². The molecule has 86 valence electrons. The van der Waals surface area contributed by atoms with Gasteiger partial charge in [-0.15, -0.1) is 0 Å². The standard InChI is InChI=1S/C9H10N2O5/c1-2-16-9(13)10-7-4-3-6(12)5-8(7)11(14)15/h3-5,12H,2H2,1H3,(H,10,13). The van der Waals surface area contributed by atoms with E-state index in [0.717, 1.165) is 6.07 Å². The highest BCUT2D eigenvalue weighted by Crippen LogP contribution is 2.28. The first-order chi connectivity index (χ1) is 7.54. The topological polar surface area (TPSA) is 102 Å². The fraction of sp³-hybridized carbons (Fsp3) is 0.222. The summed E-state index contributed by atoms with van der Waals surface area (Å²) in [6.45, 7) is 1.78. The van der Waals surface area contributed by atoms with Gasteiger partial charge in [-0.3, -0.25) is 15.4 Å². The van der Waals surface area contributed by atoms with E-state index in [-0.39, 0.29) is 18.0 Å². The molecule has 0 aromatic heterocycles. The quantitative estimate of drug-likeness (QED) is 0.465. The largest absolute Gasteiger partial charge is 0.508 e. The predicted octanol–water partition coefficient (Wildman–Crippen LogP) is 1.87. The third kappa shape index (κ3) is 2.84. The molecule has 0 unspecified atom stereocenters. The van der Waals surface area contributed by atoms with Gasteiger partial charge in [-0.05, 0) is 19.1 Å². The number of benzene rings is 1. The molecule has 0 aliphatic carbocycles. The van der Waals surface area contributed by atoms with Crippen molar-refractivity contribution in [3.8, 4) is 5.75 Å². The highest BCUT2D eigenvalue weighted by atomic mass is 16.6. The minimum atomic E-state index is -0.781. The van der Waals surface area contributed by atoms with E-state index >= 15 is 0 Å². The molecule has 0 aliphatic heterocycles. The van der Waals surface area contributed by atoms with Gasteiger partial charge in [0.25, 0.3) is 5.69 Å². The molecule has 7 nitrogen and oxygen atoms in total. The van der Waals surface area contributed by atoms with Gasteiger partial charge in [0.05, 0.1) is 17.6 Å². The van der Waals surface area contributed by atoms with Gasteiger partial charge in [0.15, 0.2) is 0 Å². The van der Waals surface area contributed by atoms with Gasteiger partial charge >= 0.3 is 6.09 Å². The van der Waals surface area contributed by atoms with Crippen molar-refractivity contribution in [2.75, 3.05) is 11.9 Å². The molecule has 0 saturated carbocycles. The van der Waals surface area contributed by atoms with E-state index in [2.05, 4.69) is 10.1 Å². The van der Waals surface area contributed by atoms with Crippen LogP contribution in [0.15, 0.2) is 18.2 Å². The van der Waals surface area contributed by atoms with Gasteiger partial charge in [0, 0.05) is 0 Å². The second kappa shape index (κ2) is 4.96. The molecule has 0 spiro atoms. The van der Waals surface area contributed by atoms with Crippen molar-refractivity contribution in [2.45, 2.75) is 6.92 Å². The number of nitro benzene ring substituents is 1. The summed E-state index contributed by atoms with van der Waals surface area (Å²) in [6.07, 6.45) is -0.781. The first-order valence-corrected chi connectivity index (χ1v) is 4.45. The molecule has 0 aliphatic rings. The van der Waals surface area contributed by atoms with Crippen LogP contribution in [0.25, 0.3) is 0 Å². The number of carbonyl (C=O) groups excluding carboxylic acids is 1. The van der Waals surface area contributed by atoms with Crippen LogP contribution in [0, 0.1) is 10.1 Å². The second-order valence-electron chi connectivity index (χ2n) is 2.80. The second-order valence-corrected chi connectivity index (χ2v) is 2.80. The van der Waals surface area contributed by atoms with Crippen molar-refractivity contribution in [3.63, 3.8) is 0 Å². The molecule has 1 rings (SSSR count). The normalized spacial score (nSPS) is 9.56. The molecule has 7 heteroatoms. The number of nitro groups is 1. The molecule has 0 atom stereocenters. The lowest BCUT2D eigenvalue weighted by molar-refractivity contribution is -0.384. The zero-order chi connectivity index (χ0) is 12.1. The summed E-state index contributed by atoms with van der Waals surface area (Å²) in [5.41, 5.74) is -0.422. The Kier molecular flexibility index (Phi) is 3.65. The van der Waals surface area contributed by atoms with Gasteiger partial charge in [0.2, 0.25) is 0 Å². The number of hydrogen-bond acceptors (Lipinski definition) is 5. The minimum Gasteiger partial charge on any atom is -0.508 e. The summed E-state index contributed by atoms with van der Waals surface area (Å²) in [7, 11) is 0. The first-order valence-electron chi connectivity index (χ1n) is 4.45. The Hall–Kier alpha value is -2.31. The maximum Gasteiger partial charge on any atom is 0.411 e. The summed E-state index contributed by atoms with van der Waals surface area (Å²) in [6, 6.07) is 3.40. The third-order valence-corrected chi connectivity index (χ3v) is 1.69. The zero-order valence-corrected chi connectivity index (χ0v) is 8.47. The van der Waals surface area contributed by atoms with Crippen LogP contribution >= 0.6 is 0 Å². The fourth-order valence-electron chi connectivity index (χ4n) is 1.05. The molecule has 0 saturated heterocycles. The van der Waals surface area contributed by atoms with Crippen molar-refractivity contribution in [1.29, 1.82) is 0 Å². The van der Waals surface area contributed by atoms with Gasteiger partial charge in [-0.1, -0.05) is 0 Å². The smallest absolute Gasteiger partial charge is 0.411 e. The first kappa shape index (κ1) is 11.8. The number of anilines is 1. The van der Waals surface area contributed by atoms with Gasteiger partial charge in [-0.25, -0.2) is 4.79 Å². The van der Waals surface area contributed by atoms with Crippen LogP contribution in [0.1, 0.15) is 6.92 Å². The summed E-state index contributed by atoms with van der Waals surface area (Å²) < 4.78 is 4.58. The van der Waals surface area contributed by atoms with Crippen molar-refractivity contribution in [3.05, 3.63) is 28.3 Å². The molecular weight excluding hydrogens is 216 g/mol. The monoisotopic (exact) mass is 226 g/mol. The molecule has 0 heterocycles. The van der Waals surface area contributed by atoms with Crippen LogP contribution in [-0.2, 0) is 4.74 Å². The van der Waals surface area contributed by atoms with E-state index in [4.69, 9.17) is 5.11 Å². The number of carbonyl (C=O) groups is 1. The van der Waals surface area contributed by atoms with E-state index in [1.54, 1.807) is 6.92 Å². The third-order valence-electron chi connectivity index (χ3n) is 1.69. The van der Waals surface area contributed by atoms with E-state index in [0.29, 0.717) is 0 Å². The number of phenolic OH excluding ortho intramolecular Hbond substituents is 1. The van der Waals surface area contributed by atoms with Gasteiger partial charge in [0.1, 0.15) is 11.4 Å². The van der Waals surface area contributed by atoms with E-state index in [1.165, 1.54) is 12.1 Å². The van der Waals surface area contributed by atoms with Crippen LogP contribution in [-0.4, -0.2) is 22.7 Å². The van der Waals surface area contributed by atoms with E-state index in [1.807, 2.05) is 0 Å². The molecular formula is C9H10N2O5. The Morgan fingerprint density at radius 1 is 1.62 bits per heavy atom. The SMILES string of the molecule is CCOC(=O)Nc1ccc(O)cc1[N+](=O)[O-]. The molecule has 1 aromatic carbocycles. The molecule has 0 radical (unpaired) electrons. The minimum absolute atomic E-state index is 0.0266. The van der Waals surface area contributed by atoms with E-state index < -0.39 is 16.7 Å². The summed E-state index contributed by atoms with van der Waals surface area (Å²) in [5.74, 6) is -0.249. The molecule has 1 amide bonds. The highest BCUT2D eigenvalue weighted by molar-refractivity contribution is 5.88. The Balaban J connectivity index is 2.95. The Morgan fingerprint density at radius 3 is 2.88 bits per heavy atom. The number of rotatable bonds is 3. The number of phenols is 1. The number of aromatic hydroxyl groups is 1. The van der Waals surface area contributed by atoms with Crippen LogP contribution in [0.2, 0.25) is 0 Å².